The number of thioether (sulfide) groups is 1. The van der Waals surface area contributed by atoms with Gasteiger partial charge < -0.3 is 16.0 Å². The van der Waals surface area contributed by atoms with Crippen molar-refractivity contribution in [2.24, 2.45) is 0 Å². The summed E-state index contributed by atoms with van der Waals surface area (Å²) >= 11 is 1.92. The van der Waals surface area contributed by atoms with Gasteiger partial charge in [0.25, 0.3) is 0 Å². The molecule has 5 nitrogen and oxygen atoms in total. The van der Waals surface area contributed by atoms with E-state index in [1.807, 2.05) is 37.4 Å². The van der Waals surface area contributed by atoms with Crippen LogP contribution in [-0.2, 0) is 4.79 Å². The molecule has 21 heavy (non-hydrogen) atoms. The number of carbonyl (C=O) groups excluding carboxylic acids is 2. The first-order valence-corrected chi connectivity index (χ1v) is 8.47. The Morgan fingerprint density at radius 3 is 2.90 bits per heavy atom. The highest BCUT2D eigenvalue weighted by atomic mass is 32.2. The Labute approximate surface area is 130 Å². The first-order chi connectivity index (χ1) is 10.2. The molecule has 3 rings (SSSR count). The summed E-state index contributed by atoms with van der Waals surface area (Å²) in [5.41, 5.74) is 0. The van der Waals surface area contributed by atoms with Crippen LogP contribution in [0.15, 0.2) is 0 Å². The summed E-state index contributed by atoms with van der Waals surface area (Å²) in [5.74, 6) is 1.07. The van der Waals surface area contributed by atoms with Gasteiger partial charge in [0, 0.05) is 17.4 Å². The molecule has 1 aliphatic carbocycles. The second kappa shape index (κ2) is 6.90. The molecule has 3 aliphatic rings. The van der Waals surface area contributed by atoms with Gasteiger partial charge in [-0.05, 0) is 38.5 Å². The molecule has 2 heterocycles. The van der Waals surface area contributed by atoms with Crippen molar-refractivity contribution in [3.05, 3.63) is 31.7 Å². The molecule has 6 heteroatoms. The van der Waals surface area contributed by atoms with Crippen LogP contribution in [0.5, 0.6) is 0 Å². The number of amides is 3. The standard InChI is InChI=1S/C15H20N3O2S/c19-13(16-10-5-1-2-6-10)8-4-3-7-12-14-11(9-21-12)17-15(20)18-14/h1-2,5-6,11-12,14H,3-4,7-9H2,(H,16,19)(H2,17,18,20)/t11-,12-,14-/m0/s1. The van der Waals surface area contributed by atoms with E-state index >= 15 is 0 Å². The van der Waals surface area contributed by atoms with E-state index in [0.29, 0.717) is 11.7 Å². The third kappa shape index (κ3) is 3.84. The monoisotopic (exact) mass is 306 g/mol. The first-order valence-electron chi connectivity index (χ1n) is 7.42. The molecule has 1 saturated carbocycles. The second-order valence-electron chi connectivity index (χ2n) is 5.59. The van der Waals surface area contributed by atoms with Gasteiger partial charge in [-0.25, -0.2) is 4.79 Å². The molecular formula is C15H20N3O2S. The van der Waals surface area contributed by atoms with Crippen molar-refractivity contribution in [2.45, 2.75) is 43.0 Å². The fourth-order valence-electron chi connectivity index (χ4n) is 2.95. The van der Waals surface area contributed by atoms with Gasteiger partial charge >= 0.3 is 6.03 Å². The smallest absolute Gasteiger partial charge is 0.315 e. The Balaban J connectivity index is 1.29. The summed E-state index contributed by atoms with van der Waals surface area (Å²) < 4.78 is 0. The highest BCUT2D eigenvalue weighted by Crippen LogP contribution is 2.33. The fourth-order valence-corrected chi connectivity index (χ4v) is 4.50. The van der Waals surface area contributed by atoms with Gasteiger partial charge in [0.1, 0.15) is 0 Å². The maximum Gasteiger partial charge on any atom is 0.315 e. The van der Waals surface area contributed by atoms with Crippen molar-refractivity contribution in [3.63, 3.8) is 0 Å². The molecular weight excluding hydrogens is 286 g/mol. The van der Waals surface area contributed by atoms with E-state index in [1.165, 1.54) is 0 Å². The minimum Gasteiger partial charge on any atom is -0.348 e. The lowest BCUT2D eigenvalue weighted by molar-refractivity contribution is -0.120. The van der Waals surface area contributed by atoms with Crippen molar-refractivity contribution in [2.75, 3.05) is 5.75 Å². The Morgan fingerprint density at radius 1 is 1.29 bits per heavy atom. The predicted molar refractivity (Wildman–Crippen MR) is 82.5 cm³/mol. The van der Waals surface area contributed by atoms with E-state index < -0.39 is 0 Å². The summed E-state index contributed by atoms with van der Waals surface area (Å²) in [4.78, 5) is 23.0. The highest BCUT2D eigenvalue weighted by molar-refractivity contribution is 8.00. The van der Waals surface area contributed by atoms with Crippen LogP contribution in [0.25, 0.3) is 0 Å². The van der Waals surface area contributed by atoms with Gasteiger partial charge in [0.15, 0.2) is 0 Å². The zero-order valence-electron chi connectivity index (χ0n) is 11.8. The molecule has 5 radical (unpaired) electrons. The summed E-state index contributed by atoms with van der Waals surface area (Å²) in [6.45, 7) is 0. The minimum atomic E-state index is -0.0376. The Morgan fingerprint density at radius 2 is 2.10 bits per heavy atom. The number of hydrogen-bond donors (Lipinski definition) is 3. The molecule has 3 N–H and O–H groups in total. The molecule has 2 saturated heterocycles. The quantitative estimate of drug-likeness (QED) is 0.510. The van der Waals surface area contributed by atoms with Crippen LogP contribution in [0.4, 0.5) is 4.79 Å². The van der Waals surface area contributed by atoms with Crippen molar-refractivity contribution in [1.29, 1.82) is 0 Å². The zero-order chi connectivity index (χ0) is 14.7. The van der Waals surface area contributed by atoms with Crippen LogP contribution in [-0.4, -0.2) is 35.0 Å². The third-order valence-electron chi connectivity index (χ3n) is 4.03. The number of hydrogen-bond acceptors (Lipinski definition) is 3. The summed E-state index contributed by atoms with van der Waals surface area (Å²) in [5, 5.41) is 9.30. The SMILES string of the molecule is O=C(CCCC[C@@H]1SC[C@@H]2NC(=O)N[C@@H]21)N[C]1[CH][CH][CH][CH]1. The van der Waals surface area contributed by atoms with E-state index in [4.69, 9.17) is 0 Å². The van der Waals surface area contributed by atoms with Gasteiger partial charge in [-0.15, -0.1) is 0 Å². The van der Waals surface area contributed by atoms with E-state index in [0.717, 1.165) is 31.1 Å². The lowest BCUT2D eigenvalue weighted by Gasteiger charge is -2.16. The molecule has 2 aliphatic heterocycles. The Bertz CT molecular complexity index is 398. The van der Waals surface area contributed by atoms with E-state index in [-0.39, 0.29) is 24.0 Å². The van der Waals surface area contributed by atoms with Crippen molar-refractivity contribution >= 4 is 23.7 Å². The molecule has 0 spiro atoms. The maximum absolute atomic E-state index is 11.7. The third-order valence-corrected chi connectivity index (χ3v) is 5.54. The van der Waals surface area contributed by atoms with Gasteiger partial charge in [-0.2, -0.15) is 11.8 Å². The van der Waals surface area contributed by atoms with Crippen LogP contribution < -0.4 is 16.0 Å². The van der Waals surface area contributed by atoms with Gasteiger partial charge in [-0.3, -0.25) is 4.79 Å². The van der Waals surface area contributed by atoms with Crippen molar-refractivity contribution < 1.29 is 9.59 Å². The van der Waals surface area contributed by atoms with E-state index in [9.17, 15) is 9.59 Å². The summed E-state index contributed by atoms with van der Waals surface area (Å²) in [6, 6.07) is 1.38. The molecule has 3 atom stereocenters. The minimum absolute atomic E-state index is 0.0376. The number of nitrogens with one attached hydrogen (secondary N) is 3. The van der Waals surface area contributed by atoms with Gasteiger partial charge in [0.05, 0.1) is 18.1 Å². The highest BCUT2D eigenvalue weighted by Gasteiger charge is 2.42. The van der Waals surface area contributed by atoms with Crippen molar-refractivity contribution in [1.82, 2.24) is 16.0 Å². The molecule has 0 aromatic heterocycles. The Kier molecular flexibility index (Phi) is 4.93. The molecule has 0 aromatic carbocycles. The Hall–Kier alpha value is -0.910. The number of unbranched alkanes of at least 4 members (excludes halogenated alkanes) is 1. The molecule has 3 amide bonds. The largest absolute Gasteiger partial charge is 0.348 e. The molecule has 113 valence electrons. The normalized spacial score (nSPS) is 31.8. The molecule has 0 aromatic rings. The predicted octanol–water partition coefficient (Wildman–Crippen LogP) is 1.19. The van der Waals surface area contributed by atoms with Crippen molar-refractivity contribution in [3.8, 4) is 0 Å². The van der Waals surface area contributed by atoms with Gasteiger partial charge in [0.2, 0.25) is 5.91 Å². The lowest BCUT2D eigenvalue weighted by Crippen LogP contribution is -2.36. The molecule has 0 unspecified atom stereocenters. The maximum atomic E-state index is 11.7. The summed E-state index contributed by atoms with van der Waals surface area (Å²) in [7, 11) is 0. The first kappa shape index (κ1) is 15.0. The second-order valence-corrected chi connectivity index (χ2v) is 6.86. The average Bonchev–Trinajstić information content (AvgIpc) is 3.13. The van der Waals surface area contributed by atoms with Gasteiger partial charge in [-0.1, -0.05) is 6.42 Å². The fraction of sp³-hybridized carbons (Fsp3) is 0.533. The van der Waals surface area contributed by atoms with Crippen LogP contribution in [0.3, 0.4) is 0 Å². The summed E-state index contributed by atoms with van der Waals surface area (Å²) in [6.07, 6.45) is 11.1. The lowest BCUT2D eigenvalue weighted by atomic mass is 10.0. The van der Waals surface area contributed by atoms with Crippen LogP contribution in [0, 0.1) is 31.7 Å². The van der Waals surface area contributed by atoms with Crippen LogP contribution in [0.2, 0.25) is 0 Å². The van der Waals surface area contributed by atoms with E-state index in [2.05, 4.69) is 16.0 Å². The topological polar surface area (TPSA) is 70.2 Å². The number of rotatable bonds is 6. The molecule has 0 bridgehead atoms. The zero-order valence-corrected chi connectivity index (χ0v) is 12.6. The van der Waals surface area contributed by atoms with Crippen LogP contribution in [0.1, 0.15) is 25.7 Å². The molecule has 3 fully saturated rings. The number of urea groups is 1. The average molecular weight is 306 g/mol. The van der Waals surface area contributed by atoms with E-state index in [1.54, 1.807) is 0 Å². The van der Waals surface area contributed by atoms with Crippen LogP contribution >= 0.6 is 11.8 Å². The number of fused-ring (bicyclic) bond motifs is 1. The number of carbonyl (C=O) groups is 2.